The van der Waals surface area contributed by atoms with Gasteiger partial charge in [-0.2, -0.15) is 4.98 Å². The van der Waals surface area contributed by atoms with Crippen molar-refractivity contribution in [3.05, 3.63) is 23.5 Å². The van der Waals surface area contributed by atoms with Gasteiger partial charge in [-0.15, -0.1) is 0 Å². The number of nitrogens with zero attached hydrogens (tertiary/aromatic N) is 4. The molecule has 2 N–H and O–H groups in total. The molecule has 3 aromatic rings. The van der Waals surface area contributed by atoms with Crippen molar-refractivity contribution in [1.82, 2.24) is 24.9 Å². The lowest BCUT2D eigenvalue weighted by Gasteiger charge is -2.15. The van der Waals surface area contributed by atoms with Crippen molar-refractivity contribution in [2.24, 2.45) is 0 Å². The summed E-state index contributed by atoms with van der Waals surface area (Å²) in [5.74, 6) is 0. The third kappa shape index (κ3) is 3.40. The minimum atomic E-state index is -3.51. The maximum atomic E-state index is 11.5. The molecule has 0 aromatic carbocycles. The number of H-pyrrole nitrogens is 1. The molecule has 2 aliphatic rings. The van der Waals surface area contributed by atoms with Gasteiger partial charge in [0.1, 0.15) is 18.3 Å². The molecule has 0 amide bonds. The van der Waals surface area contributed by atoms with Crippen LogP contribution in [0.3, 0.4) is 0 Å². The number of fused-ring (bicyclic) bond motifs is 2. The predicted molar refractivity (Wildman–Crippen MR) is 103 cm³/mol. The van der Waals surface area contributed by atoms with Crippen molar-refractivity contribution in [3.63, 3.8) is 0 Å². The maximum absolute atomic E-state index is 11.5. The molecule has 30 heavy (non-hydrogen) atoms. The van der Waals surface area contributed by atoms with Crippen molar-refractivity contribution < 1.29 is 27.7 Å². The summed E-state index contributed by atoms with van der Waals surface area (Å²) < 4.78 is 40.0. The second-order valence-electron chi connectivity index (χ2n) is 7.08. The number of aliphatic hydroxyl groups is 1. The molecule has 0 bridgehead atoms. The summed E-state index contributed by atoms with van der Waals surface area (Å²) in [5, 5.41) is 9.85. The monoisotopic (exact) mass is 453 g/mol. The third-order valence-corrected chi connectivity index (χ3v) is 6.05. The number of aromatic amines is 1. The molecule has 2 saturated heterocycles. The van der Waals surface area contributed by atoms with Crippen LogP contribution in [-0.4, -0.2) is 82.3 Å². The molecule has 2 fully saturated rings. The molecule has 11 nitrogen and oxygen atoms in total. The Morgan fingerprint density at radius 3 is 2.67 bits per heavy atom. The van der Waals surface area contributed by atoms with E-state index in [1.165, 1.54) is 12.4 Å². The third-order valence-electron chi connectivity index (χ3n) is 4.88. The van der Waals surface area contributed by atoms with Crippen molar-refractivity contribution in [2.75, 3.05) is 19.5 Å². The first-order valence-electron chi connectivity index (χ1n) is 8.96. The zero-order valence-corrected chi connectivity index (χ0v) is 17.1. The van der Waals surface area contributed by atoms with Crippen LogP contribution >= 0.6 is 11.6 Å². The highest BCUT2D eigenvalue weighted by Crippen LogP contribution is 2.31. The standard InChI is InChI=1S/C17H16ClN5O6S/c1-30(25,26)17-19-3-7(4-20-17)12-8(18)2-9-15(22-12)23-16(21-9)29-11-6-28-13-10(24)5-27-14(11)13/h2-4,10-11,13-14,24H,5-6H2,1H3,(H,21,22,23)/t10-,11-,13-,14-/m1/s1. The predicted octanol–water partition coefficient (Wildman–Crippen LogP) is 0.378. The summed E-state index contributed by atoms with van der Waals surface area (Å²) in [7, 11) is -3.51. The van der Waals surface area contributed by atoms with Crippen LogP contribution in [0.1, 0.15) is 0 Å². The highest BCUT2D eigenvalue weighted by Gasteiger charge is 2.48. The zero-order valence-electron chi connectivity index (χ0n) is 15.5. The summed E-state index contributed by atoms with van der Waals surface area (Å²) in [6.45, 7) is 0.475. The van der Waals surface area contributed by atoms with E-state index in [0.29, 0.717) is 27.4 Å². The molecule has 13 heteroatoms. The van der Waals surface area contributed by atoms with Gasteiger partial charge in [-0.25, -0.2) is 23.4 Å². The van der Waals surface area contributed by atoms with E-state index in [4.69, 9.17) is 25.8 Å². The van der Waals surface area contributed by atoms with Crippen molar-refractivity contribution in [1.29, 1.82) is 0 Å². The number of imidazole rings is 1. The Morgan fingerprint density at radius 2 is 1.93 bits per heavy atom. The molecule has 0 radical (unpaired) electrons. The van der Waals surface area contributed by atoms with Crippen LogP contribution in [0.5, 0.6) is 6.01 Å². The van der Waals surface area contributed by atoms with Gasteiger partial charge in [-0.3, -0.25) is 0 Å². The molecule has 5 rings (SSSR count). The van der Waals surface area contributed by atoms with Gasteiger partial charge in [-0.1, -0.05) is 11.6 Å². The number of nitrogens with one attached hydrogen (secondary N) is 1. The summed E-state index contributed by atoms with van der Waals surface area (Å²) in [6.07, 6.45) is 1.84. The van der Waals surface area contributed by atoms with E-state index in [9.17, 15) is 13.5 Å². The number of rotatable bonds is 4. The van der Waals surface area contributed by atoms with Crippen LogP contribution in [0.4, 0.5) is 0 Å². The fourth-order valence-electron chi connectivity index (χ4n) is 3.47. The number of sulfone groups is 1. The Morgan fingerprint density at radius 1 is 1.20 bits per heavy atom. The van der Waals surface area contributed by atoms with E-state index >= 15 is 0 Å². The SMILES string of the molecule is CS(=O)(=O)c1ncc(-c2nc3nc(O[C@@H]4CO[C@H]5[C@@H]4OC[C@H]5O)[nH]c3cc2Cl)cn1. The summed E-state index contributed by atoms with van der Waals surface area (Å²) in [4.78, 5) is 19.5. The molecule has 158 valence electrons. The minimum Gasteiger partial charge on any atom is -0.456 e. The smallest absolute Gasteiger partial charge is 0.296 e. The van der Waals surface area contributed by atoms with Gasteiger partial charge in [0.2, 0.25) is 15.0 Å². The van der Waals surface area contributed by atoms with Crippen molar-refractivity contribution >= 4 is 32.6 Å². The molecular formula is C17H16ClN5O6S. The van der Waals surface area contributed by atoms with Gasteiger partial charge in [-0.05, 0) is 6.07 Å². The number of pyridine rings is 1. The van der Waals surface area contributed by atoms with Gasteiger partial charge in [0.05, 0.1) is 29.4 Å². The van der Waals surface area contributed by atoms with Gasteiger partial charge in [0, 0.05) is 24.2 Å². The lowest BCUT2D eigenvalue weighted by atomic mass is 10.1. The van der Waals surface area contributed by atoms with Crippen LogP contribution in [0, 0.1) is 0 Å². The van der Waals surface area contributed by atoms with Crippen molar-refractivity contribution in [2.45, 2.75) is 29.6 Å². The van der Waals surface area contributed by atoms with Crippen molar-refractivity contribution in [3.8, 4) is 17.3 Å². The first-order chi connectivity index (χ1) is 14.3. The molecule has 0 saturated carbocycles. The number of aliphatic hydroxyl groups excluding tert-OH is 1. The second kappa shape index (κ2) is 7.10. The van der Waals surface area contributed by atoms with E-state index in [1.54, 1.807) is 6.07 Å². The van der Waals surface area contributed by atoms with Crippen LogP contribution in [0.2, 0.25) is 5.02 Å². The van der Waals surface area contributed by atoms with E-state index in [0.717, 1.165) is 6.26 Å². The average Bonchev–Trinajstić information content (AvgIpc) is 3.38. The summed E-state index contributed by atoms with van der Waals surface area (Å²) in [5.41, 5.74) is 1.70. The Balaban J connectivity index is 1.42. The normalized spacial score (nSPS) is 26.2. The fourth-order valence-corrected chi connectivity index (χ4v) is 4.22. The number of hydrogen-bond donors (Lipinski definition) is 2. The molecule has 0 aliphatic carbocycles. The molecular weight excluding hydrogens is 438 g/mol. The maximum Gasteiger partial charge on any atom is 0.296 e. The first kappa shape index (κ1) is 19.6. The Bertz CT molecular complexity index is 1220. The topological polar surface area (TPSA) is 149 Å². The molecule has 4 atom stereocenters. The van der Waals surface area contributed by atoms with Gasteiger partial charge in [0.25, 0.3) is 6.01 Å². The summed E-state index contributed by atoms with van der Waals surface area (Å²) >= 11 is 6.34. The average molecular weight is 454 g/mol. The molecule has 0 spiro atoms. The van der Waals surface area contributed by atoms with Crippen LogP contribution in [-0.2, 0) is 19.3 Å². The zero-order chi connectivity index (χ0) is 21.0. The second-order valence-corrected chi connectivity index (χ2v) is 9.39. The lowest BCUT2D eigenvalue weighted by Crippen LogP contribution is -2.34. The Kier molecular flexibility index (Phi) is 4.63. The molecule has 0 unspecified atom stereocenters. The Labute approximate surface area is 175 Å². The highest BCUT2D eigenvalue weighted by atomic mass is 35.5. The highest BCUT2D eigenvalue weighted by molar-refractivity contribution is 7.90. The van der Waals surface area contributed by atoms with Crippen LogP contribution in [0.15, 0.2) is 23.6 Å². The molecule has 5 heterocycles. The van der Waals surface area contributed by atoms with Gasteiger partial charge >= 0.3 is 0 Å². The van der Waals surface area contributed by atoms with Gasteiger partial charge < -0.3 is 24.3 Å². The molecule has 2 aliphatic heterocycles. The van der Waals surface area contributed by atoms with E-state index in [1.807, 2.05) is 0 Å². The fraction of sp³-hybridized carbons (Fsp3) is 0.412. The lowest BCUT2D eigenvalue weighted by molar-refractivity contribution is 0.00706. The largest absolute Gasteiger partial charge is 0.456 e. The van der Waals surface area contributed by atoms with Gasteiger partial charge in [0.15, 0.2) is 11.8 Å². The van der Waals surface area contributed by atoms with Crippen LogP contribution in [0.25, 0.3) is 22.4 Å². The molecule has 3 aromatic heterocycles. The number of ether oxygens (including phenoxy) is 3. The quantitative estimate of drug-likeness (QED) is 0.530. The van der Waals surface area contributed by atoms with E-state index in [-0.39, 0.29) is 30.5 Å². The van der Waals surface area contributed by atoms with E-state index < -0.39 is 28.1 Å². The van der Waals surface area contributed by atoms with Crippen LogP contribution < -0.4 is 4.74 Å². The minimum absolute atomic E-state index is 0.204. The number of halogens is 1. The van der Waals surface area contributed by atoms with E-state index in [2.05, 4.69) is 24.9 Å². The Hall–Kier alpha value is -2.38. The summed E-state index contributed by atoms with van der Waals surface area (Å²) in [6, 6.07) is 1.85. The number of aromatic nitrogens is 5. The number of hydrogen-bond acceptors (Lipinski definition) is 10. The first-order valence-corrected chi connectivity index (χ1v) is 11.2.